The van der Waals surface area contributed by atoms with Gasteiger partial charge in [-0.05, 0) is 12.8 Å². The van der Waals surface area contributed by atoms with Crippen molar-refractivity contribution in [2.24, 2.45) is 0 Å². The van der Waals surface area contributed by atoms with Crippen LogP contribution in [0.1, 0.15) is 39.4 Å². The molecule has 0 fully saturated rings. The van der Waals surface area contributed by atoms with Gasteiger partial charge in [0.2, 0.25) is 0 Å². The van der Waals surface area contributed by atoms with Crippen LogP contribution in [0.3, 0.4) is 0 Å². The Morgan fingerprint density at radius 2 is 2.06 bits per heavy atom. The van der Waals surface area contributed by atoms with Crippen LogP contribution in [0.15, 0.2) is 10.9 Å². The van der Waals surface area contributed by atoms with E-state index in [4.69, 9.17) is 0 Å². The van der Waals surface area contributed by atoms with Crippen LogP contribution in [-0.2, 0) is 6.42 Å². The lowest BCUT2D eigenvalue weighted by molar-refractivity contribution is 0.202. The summed E-state index contributed by atoms with van der Waals surface area (Å²) in [6, 6.07) is 1.43. The van der Waals surface area contributed by atoms with Gasteiger partial charge < -0.3 is 15.4 Å². The molecule has 0 amide bonds. The topological polar surface area (TPSA) is 78.0 Å². The molecule has 0 spiro atoms. The highest BCUT2D eigenvalue weighted by Crippen LogP contribution is 2.19. The number of aromatic nitrogens is 2. The van der Waals surface area contributed by atoms with E-state index in [1.165, 1.54) is 6.07 Å². The van der Waals surface area contributed by atoms with Crippen molar-refractivity contribution in [3.63, 3.8) is 0 Å². The molecule has 0 bridgehead atoms. The average molecular weight is 239 g/mol. The van der Waals surface area contributed by atoms with Gasteiger partial charge in [0.25, 0.3) is 5.56 Å². The summed E-state index contributed by atoms with van der Waals surface area (Å²) in [6.07, 6.45) is 2.22. The lowest BCUT2D eigenvalue weighted by Gasteiger charge is -2.31. The molecule has 0 atom stereocenters. The van der Waals surface area contributed by atoms with Crippen molar-refractivity contribution in [1.82, 2.24) is 9.97 Å². The minimum absolute atomic E-state index is 0.0237. The molecule has 1 rings (SSSR count). The predicted molar refractivity (Wildman–Crippen MR) is 68.3 cm³/mol. The second-order valence-electron chi connectivity index (χ2n) is 4.20. The molecule has 1 heterocycles. The maximum Gasteiger partial charge on any atom is 0.252 e. The molecule has 1 aromatic rings. The standard InChI is InChI=1S/C12H21N3O2/c1-4-9-13-10(7-11(17)14-9)15-12(5-2,6-3)8-16/h7,16H,4-6,8H2,1-3H3,(H2,13,14,15,17). The molecule has 0 saturated carbocycles. The number of aryl methyl sites for hydroxylation is 1. The number of hydrogen-bond donors (Lipinski definition) is 3. The first-order chi connectivity index (χ1) is 8.09. The summed E-state index contributed by atoms with van der Waals surface area (Å²) in [5, 5.41) is 12.6. The zero-order chi connectivity index (χ0) is 12.9. The van der Waals surface area contributed by atoms with Gasteiger partial charge in [-0.3, -0.25) is 4.79 Å². The molecule has 0 aromatic carbocycles. The Morgan fingerprint density at radius 3 is 2.53 bits per heavy atom. The van der Waals surface area contributed by atoms with Crippen molar-refractivity contribution in [2.75, 3.05) is 11.9 Å². The Balaban J connectivity index is 3.01. The Bertz CT molecular complexity index is 402. The Labute approximate surface area is 101 Å². The molecule has 0 aliphatic rings. The fourth-order valence-corrected chi connectivity index (χ4v) is 1.70. The van der Waals surface area contributed by atoms with Crippen molar-refractivity contribution in [3.05, 3.63) is 22.2 Å². The normalized spacial score (nSPS) is 11.5. The van der Waals surface area contributed by atoms with E-state index in [2.05, 4.69) is 15.3 Å². The largest absolute Gasteiger partial charge is 0.394 e. The van der Waals surface area contributed by atoms with E-state index in [-0.39, 0.29) is 12.2 Å². The minimum Gasteiger partial charge on any atom is -0.394 e. The summed E-state index contributed by atoms with van der Waals surface area (Å²) in [6.45, 7) is 5.96. The van der Waals surface area contributed by atoms with Crippen LogP contribution in [0.5, 0.6) is 0 Å². The van der Waals surface area contributed by atoms with Gasteiger partial charge in [0, 0.05) is 12.5 Å². The zero-order valence-corrected chi connectivity index (χ0v) is 10.7. The van der Waals surface area contributed by atoms with Gasteiger partial charge in [0.05, 0.1) is 12.1 Å². The zero-order valence-electron chi connectivity index (χ0n) is 10.7. The highest BCUT2D eigenvalue weighted by Gasteiger charge is 2.25. The number of anilines is 1. The number of aliphatic hydroxyl groups is 1. The second-order valence-corrected chi connectivity index (χ2v) is 4.20. The summed E-state index contributed by atoms with van der Waals surface area (Å²) < 4.78 is 0. The molecular formula is C12H21N3O2. The fourth-order valence-electron chi connectivity index (χ4n) is 1.70. The maximum atomic E-state index is 11.4. The van der Waals surface area contributed by atoms with Crippen LogP contribution in [-0.4, -0.2) is 27.2 Å². The molecule has 0 unspecified atom stereocenters. The molecule has 1 aromatic heterocycles. The van der Waals surface area contributed by atoms with E-state index < -0.39 is 5.54 Å². The smallest absolute Gasteiger partial charge is 0.252 e. The highest BCUT2D eigenvalue weighted by molar-refractivity contribution is 5.36. The van der Waals surface area contributed by atoms with E-state index in [0.717, 1.165) is 12.8 Å². The molecule has 0 aliphatic carbocycles. The van der Waals surface area contributed by atoms with Crippen molar-refractivity contribution in [3.8, 4) is 0 Å². The summed E-state index contributed by atoms with van der Waals surface area (Å²) in [5.41, 5.74) is -0.565. The molecule has 0 saturated heterocycles. The molecule has 5 nitrogen and oxygen atoms in total. The summed E-state index contributed by atoms with van der Waals surface area (Å²) in [4.78, 5) is 18.4. The van der Waals surface area contributed by atoms with Gasteiger partial charge in [-0.15, -0.1) is 0 Å². The quantitative estimate of drug-likeness (QED) is 0.699. The number of hydrogen-bond acceptors (Lipinski definition) is 4. The van der Waals surface area contributed by atoms with Gasteiger partial charge in [0.1, 0.15) is 11.6 Å². The van der Waals surface area contributed by atoms with Gasteiger partial charge >= 0.3 is 0 Å². The van der Waals surface area contributed by atoms with E-state index in [9.17, 15) is 9.90 Å². The van der Waals surface area contributed by atoms with Crippen LogP contribution in [0.4, 0.5) is 5.82 Å². The molecule has 0 radical (unpaired) electrons. The van der Waals surface area contributed by atoms with Crippen LogP contribution >= 0.6 is 0 Å². The SMILES string of the molecule is CCc1nc(NC(CC)(CC)CO)cc(=O)[nH]1. The fraction of sp³-hybridized carbons (Fsp3) is 0.667. The van der Waals surface area contributed by atoms with Gasteiger partial charge in [-0.25, -0.2) is 4.98 Å². The third-order valence-corrected chi connectivity index (χ3v) is 3.18. The highest BCUT2D eigenvalue weighted by atomic mass is 16.3. The second kappa shape index (κ2) is 5.82. The first kappa shape index (κ1) is 13.7. The van der Waals surface area contributed by atoms with E-state index in [0.29, 0.717) is 18.1 Å². The molecule has 96 valence electrons. The van der Waals surface area contributed by atoms with Gasteiger partial charge in [-0.2, -0.15) is 0 Å². The lowest BCUT2D eigenvalue weighted by Crippen LogP contribution is -2.41. The van der Waals surface area contributed by atoms with Crippen molar-refractivity contribution in [2.45, 2.75) is 45.6 Å². The molecule has 17 heavy (non-hydrogen) atoms. The van der Waals surface area contributed by atoms with Crippen molar-refractivity contribution < 1.29 is 5.11 Å². The van der Waals surface area contributed by atoms with E-state index >= 15 is 0 Å². The maximum absolute atomic E-state index is 11.4. The van der Waals surface area contributed by atoms with Crippen molar-refractivity contribution in [1.29, 1.82) is 0 Å². The van der Waals surface area contributed by atoms with Gasteiger partial charge in [-0.1, -0.05) is 20.8 Å². The summed E-state index contributed by atoms with van der Waals surface area (Å²) in [7, 11) is 0. The monoisotopic (exact) mass is 239 g/mol. The van der Waals surface area contributed by atoms with Crippen LogP contribution in [0, 0.1) is 0 Å². The average Bonchev–Trinajstić information content (AvgIpc) is 2.35. The van der Waals surface area contributed by atoms with Crippen LogP contribution in [0.2, 0.25) is 0 Å². The summed E-state index contributed by atoms with van der Waals surface area (Å²) >= 11 is 0. The number of nitrogens with zero attached hydrogens (tertiary/aromatic N) is 1. The molecule has 3 N–H and O–H groups in total. The van der Waals surface area contributed by atoms with E-state index in [1.54, 1.807) is 0 Å². The molecule has 0 aliphatic heterocycles. The van der Waals surface area contributed by atoms with Crippen LogP contribution < -0.4 is 10.9 Å². The first-order valence-electron chi connectivity index (χ1n) is 6.08. The Morgan fingerprint density at radius 1 is 1.41 bits per heavy atom. The first-order valence-corrected chi connectivity index (χ1v) is 6.08. The van der Waals surface area contributed by atoms with E-state index in [1.807, 2.05) is 20.8 Å². The molecular weight excluding hydrogens is 218 g/mol. The Kier molecular flexibility index (Phi) is 4.69. The number of nitrogens with one attached hydrogen (secondary N) is 2. The lowest BCUT2D eigenvalue weighted by atomic mass is 9.94. The van der Waals surface area contributed by atoms with Crippen molar-refractivity contribution >= 4 is 5.82 Å². The minimum atomic E-state index is -0.397. The number of aliphatic hydroxyl groups excluding tert-OH is 1. The Hall–Kier alpha value is -1.36. The number of rotatable bonds is 6. The molecule has 5 heteroatoms. The predicted octanol–water partition coefficient (Wildman–Crippen LogP) is 1.30. The van der Waals surface area contributed by atoms with Crippen LogP contribution in [0.25, 0.3) is 0 Å². The summed E-state index contributed by atoms with van der Waals surface area (Å²) in [5.74, 6) is 1.18. The number of H-pyrrole nitrogens is 1. The van der Waals surface area contributed by atoms with Gasteiger partial charge in [0.15, 0.2) is 0 Å². The third kappa shape index (κ3) is 3.30. The third-order valence-electron chi connectivity index (χ3n) is 3.18. The number of aromatic amines is 1.